The molecule has 3 aromatic rings. The van der Waals surface area contributed by atoms with Gasteiger partial charge in [0.05, 0.1) is 22.5 Å². The highest BCUT2D eigenvalue weighted by Crippen LogP contribution is 2.35. The second kappa shape index (κ2) is 8.22. The van der Waals surface area contributed by atoms with Gasteiger partial charge in [-0.25, -0.2) is 9.97 Å². The zero-order valence-corrected chi connectivity index (χ0v) is 17.1. The first-order valence-corrected chi connectivity index (χ1v) is 10.7. The van der Waals surface area contributed by atoms with E-state index >= 15 is 0 Å². The second-order valence-corrected chi connectivity index (χ2v) is 8.33. The quantitative estimate of drug-likeness (QED) is 0.617. The maximum absolute atomic E-state index is 13.2. The van der Waals surface area contributed by atoms with Gasteiger partial charge in [-0.05, 0) is 49.8 Å². The summed E-state index contributed by atoms with van der Waals surface area (Å²) >= 11 is 1.47. The zero-order chi connectivity index (χ0) is 19.5. The molecule has 3 heterocycles. The molecule has 1 fully saturated rings. The van der Waals surface area contributed by atoms with E-state index in [0.717, 1.165) is 51.7 Å². The van der Waals surface area contributed by atoms with Gasteiger partial charge in [-0.3, -0.25) is 9.78 Å². The molecule has 1 aliphatic rings. The number of amides is 1. The number of carbonyl (C=O) groups excluding carboxylic acids is 1. The van der Waals surface area contributed by atoms with Crippen LogP contribution < -0.4 is 5.32 Å². The molecule has 0 saturated heterocycles. The summed E-state index contributed by atoms with van der Waals surface area (Å²) in [6.07, 6.45) is 6.79. The van der Waals surface area contributed by atoms with E-state index in [9.17, 15) is 4.79 Å². The molecule has 1 aliphatic carbocycles. The largest absolute Gasteiger partial charge is 0.364 e. The molecule has 6 nitrogen and oxygen atoms in total. The molecule has 0 spiro atoms. The van der Waals surface area contributed by atoms with Crippen molar-refractivity contribution in [2.45, 2.75) is 39.7 Å². The predicted octanol–water partition coefficient (Wildman–Crippen LogP) is 4.27. The number of aryl methyl sites for hydroxylation is 1. The minimum atomic E-state index is 0.130. The highest BCUT2D eigenvalue weighted by Gasteiger charge is 2.29. The van der Waals surface area contributed by atoms with Crippen molar-refractivity contribution in [3.8, 4) is 0 Å². The minimum absolute atomic E-state index is 0.130. The molecular weight excluding hydrogens is 370 g/mol. The topological polar surface area (TPSA) is 71.0 Å². The Bertz CT molecular complexity index is 968. The van der Waals surface area contributed by atoms with Gasteiger partial charge in [0.1, 0.15) is 17.0 Å². The molecule has 0 aliphatic heterocycles. The number of hydrogen-bond donors (Lipinski definition) is 1. The van der Waals surface area contributed by atoms with Crippen molar-refractivity contribution in [1.29, 1.82) is 0 Å². The molecule has 1 saturated carbocycles. The fourth-order valence-corrected chi connectivity index (χ4v) is 4.50. The van der Waals surface area contributed by atoms with E-state index in [0.29, 0.717) is 12.5 Å². The Balaban J connectivity index is 1.61. The van der Waals surface area contributed by atoms with Crippen molar-refractivity contribution in [3.63, 3.8) is 0 Å². The third-order valence-corrected chi connectivity index (χ3v) is 6.23. The first kappa shape index (κ1) is 18.8. The average Bonchev–Trinajstić information content (AvgIpc) is 3.47. The predicted molar refractivity (Wildman–Crippen MR) is 113 cm³/mol. The van der Waals surface area contributed by atoms with E-state index in [4.69, 9.17) is 0 Å². The molecule has 0 radical (unpaired) electrons. The lowest BCUT2D eigenvalue weighted by Gasteiger charge is -2.21. The average molecular weight is 396 g/mol. The van der Waals surface area contributed by atoms with Gasteiger partial charge < -0.3 is 10.2 Å². The Labute approximate surface area is 169 Å². The van der Waals surface area contributed by atoms with Crippen LogP contribution in [0.2, 0.25) is 0 Å². The van der Waals surface area contributed by atoms with Crippen molar-refractivity contribution in [3.05, 3.63) is 46.9 Å². The first-order valence-electron chi connectivity index (χ1n) is 9.84. The number of hydrogen-bond acceptors (Lipinski definition) is 6. The molecule has 0 atom stereocenters. The molecule has 1 N–H and O–H groups in total. The van der Waals surface area contributed by atoms with Crippen LogP contribution in [0, 0.1) is 12.8 Å². The first-order chi connectivity index (χ1) is 13.7. The van der Waals surface area contributed by atoms with Crippen molar-refractivity contribution in [2.24, 2.45) is 5.92 Å². The maximum atomic E-state index is 13.2. The van der Waals surface area contributed by atoms with Crippen molar-refractivity contribution < 1.29 is 4.79 Å². The van der Waals surface area contributed by atoms with Crippen LogP contribution in [0.15, 0.2) is 30.7 Å². The van der Waals surface area contributed by atoms with Crippen molar-refractivity contribution in [2.75, 3.05) is 18.4 Å². The summed E-state index contributed by atoms with van der Waals surface area (Å²) < 4.78 is 0. The van der Waals surface area contributed by atoms with Crippen LogP contribution in [0.1, 0.15) is 47.1 Å². The van der Waals surface area contributed by atoms with Gasteiger partial charge in [-0.2, -0.15) is 0 Å². The van der Waals surface area contributed by atoms with E-state index in [1.54, 1.807) is 12.5 Å². The molecule has 4 rings (SSSR count). The van der Waals surface area contributed by atoms with E-state index in [2.05, 4.69) is 27.2 Å². The number of thiophene rings is 1. The van der Waals surface area contributed by atoms with Gasteiger partial charge in [0.15, 0.2) is 0 Å². The van der Waals surface area contributed by atoms with Crippen LogP contribution in [-0.4, -0.2) is 38.8 Å². The summed E-state index contributed by atoms with van der Waals surface area (Å²) in [7, 11) is 0. The van der Waals surface area contributed by atoms with Gasteiger partial charge in [0, 0.05) is 19.3 Å². The van der Waals surface area contributed by atoms with Crippen molar-refractivity contribution in [1.82, 2.24) is 19.9 Å². The second-order valence-electron chi connectivity index (χ2n) is 7.33. The van der Waals surface area contributed by atoms with E-state index in [-0.39, 0.29) is 5.91 Å². The SMILES string of the molecule is CCCN(CC1CC1)C(=O)c1sc2ncnc(NCc3ccccn3)c2c1C. The molecule has 7 heteroatoms. The van der Waals surface area contributed by atoms with Crippen LogP contribution in [0.3, 0.4) is 0 Å². The van der Waals surface area contributed by atoms with Crippen LogP contribution >= 0.6 is 11.3 Å². The summed E-state index contributed by atoms with van der Waals surface area (Å²) in [5, 5.41) is 4.30. The lowest BCUT2D eigenvalue weighted by Crippen LogP contribution is -2.33. The summed E-state index contributed by atoms with van der Waals surface area (Å²) in [6, 6.07) is 5.84. The molecule has 0 bridgehead atoms. The lowest BCUT2D eigenvalue weighted by molar-refractivity contribution is 0.0752. The third kappa shape index (κ3) is 3.99. The summed E-state index contributed by atoms with van der Waals surface area (Å²) in [5.74, 6) is 1.57. The van der Waals surface area contributed by atoms with Gasteiger partial charge in [-0.1, -0.05) is 13.0 Å². The molecule has 0 aromatic carbocycles. The number of pyridine rings is 1. The maximum Gasteiger partial charge on any atom is 0.264 e. The molecule has 28 heavy (non-hydrogen) atoms. The minimum Gasteiger partial charge on any atom is -0.364 e. The van der Waals surface area contributed by atoms with Gasteiger partial charge in [-0.15, -0.1) is 11.3 Å². The molecule has 1 amide bonds. The van der Waals surface area contributed by atoms with Gasteiger partial charge in [0.25, 0.3) is 5.91 Å². The fraction of sp³-hybridized carbons (Fsp3) is 0.429. The summed E-state index contributed by atoms with van der Waals surface area (Å²) in [4.78, 5) is 30.1. The fourth-order valence-electron chi connectivity index (χ4n) is 3.39. The molecule has 3 aromatic heterocycles. The highest BCUT2D eigenvalue weighted by atomic mass is 32.1. The van der Waals surface area contributed by atoms with Crippen LogP contribution in [0.4, 0.5) is 5.82 Å². The Kier molecular flexibility index (Phi) is 5.52. The van der Waals surface area contributed by atoms with Crippen LogP contribution in [0.5, 0.6) is 0 Å². The van der Waals surface area contributed by atoms with Gasteiger partial charge >= 0.3 is 0 Å². The van der Waals surface area contributed by atoms with E-state index in [1.807, 2.05) is 30.0 Å². The van der Waals surface area contributed by atoms with Crippen LogP contribution in [0.25, 0.3) is 10.2 Å². The third-order valence-electron chi connectivity index (χ3n) is 5.04. The molecular formula is C21H25N5OS. The van der Waals surface area contributed by atoms with Gasteiger partial charge in [0.2, 0.25) is 0 Å². The standard InChI is InChI=1S/C21H25N5OS/c1-3-10-26(12-15-7-8-15)21(27)18-14(2)17-19(24-13-25-20(17)28-18)23-11-16-6-4-5-9-22-16/h4-6,9,13,15H,3,7-8,10-12H2,1-2H3,(H,23,24,25). The smallest absolute Gasteiger partial charge is 0.264 e. The summed E-state index contributed by atoms with van der Waals surface area (Å²) in [6.45, 7) is 6.38. The number of carbonyl (C=O) groups is 1. The zero-order valence-electron chi connectivity index (χ0n) is 16.3. The number of aromatic nitrogens is 3. The van der Waals surface area contributed by atoms with E-state index in [1.165, 1.54) is 24.2 Å². The van der Waals surface area contributed by atoms with Crippen molar-refractivity contribution >= 4 is 33.3 Å². The number of nitrogens with zero attached hydrogens (tertiary/aromatic N) is 4. The molecule has 0 unspecified atom stereocenters. The van der Waals surface area contributed by atoms with Crippen LogP contribution in [-0.2, 0) is 6.54 Å². The number of nitrogens with one attached hydrogen (secondary N) is 1. The monoisotopic (exact) mass is 395 g/mol. The Hall–Kier alpha value is -2.54. The number of rotatable bonds is 8. The summed E-state index contributed by atoms with van der Waals surface area (Å²) in [5.41, 5.74) is 1.91. The lowest BCUT2D eigenvalue weighted by atomic mass is 10.1. The molecule has 146 valence electrons. The Morgan fingerprint density at radius 1 is 1.29 bits per heavy atom. The highest BCUT2D eigenvalue weighted by molar-refractivity contribution is 7.20. The van der Waals surface area contributed by atoms with E-state index < -0.39 is 0 Å². The normalized spacial score (nSPS) is 13.6. The Morgan fingerprint density at radius 2 is 2.14 bits per heavy atom. The number of fused-ring (bicyclic) bond motifs is 1. The Morgan fingerprint density at radius 3 is 2.86 bits per heavy atom. The number of anilines is 1.